The van der Waals surface area contributed by atoms with E-state index < -0.39 is 15.6 Å². The summed E-state index contributed by atoms with van der Waals surface area (Å²) in [5.41, 5.74) is 1.38. The van der Waals surface area contributed by atoms with Gasteiger partial charge in [-0.2, -0.15) is 13.2 Å². The minimum Gasteiger partial charge on any atom is -0.741 e. The van der Waals surface area contributed by atoms with Gasteiger partial charge in [0.05, 0.1) is 12.5 Å². The number of methoxy groups -OCH3 is 1. The lowest BCUT2D eigenvalue weighted by atomic mass is 10.1. The first-order chi connectivity index (χ1) is 18.3. The fourth-order valence-corrected chi connectivity index (χ4v) is 4.36. The zero-order valence-corrected chi connectivity index (χ0v) is 22.4. The molecule has 39 heavy (non-hydrogen) atoms. The van der Waals surface area contributed by atoms with Gasteiger partial charge in [-0.3, -0.25) is 0 Å². The molecule has 2 heterocycles. The highest BCUT2D eigenvalue weighted by molar-refractivity contribution is 7.86. The summed E-state index contributed by atoms with van der Waals surface area (Å²) in [6.07, 6.45) is 2.26. The number of nitrogens with zero attached hydrogens (tertiary/aromatic N) is 3. The van der Waals surface area contributed by atoms with Gasteiger partial charge in [0, 0.05) is 36.6 Å². The van der Waals surface area contributed by atoms with Crippen LogP contribution in [0.15, 0.2) is 78.9 Å². The standard InChI is InChI=1S/C27H26N3O.CHF3O3S/c1-28(2)21-15-13-19(14-16-21)17-22-25-18-24(20-9-6-5-7-10-20)29(3)30(25)23-11-8-12-26(31-4)27(22)23;2-1(3,4)8(5,6)7/h5-18H,1-4H3;(H,5,6,7)/q+1;/p-1. The number of halogens is 3. The molecule has 0 radical (unpaired) electrons. The van der Waals surface area contributed by atoms with Crippen LogP contribution in [0, 0.1) is 0 Å². The molecule has 204 valence electrons. The molecule has 3 aromatic carbocycles. The van der Waals surface area contributed by atoms with Crippen molar-refractivity contribution in [3.8, 4) is 17.0 Å². The minimum atomic E-state index is -6.09. The SMILES string of the molecule is COc1cccc2c1/c(=C/c1ccc(N(C)C)cc1)c1cc(-c3ccccc3)[n+](C)n12.O=S(=O)([O-])C(F)(F)F. The molecule has 0 amide bonds. The number of hydrogen-bond donors (Lipinski definition) is 0. The van der Waals surface area contributed by atoms with Crippen molar-refractivity contribution in [1.29, 1.82) is 0 Å². The van der Waals surface area contributed by atoms with Crippen molar-refractivity contribution >= 4 is 38.3 Å². The van der Waals surface area contributed by atoms with Crippen LogP contribution in [0.3, 0.4) is 0 Å². The predicted molar refractivity (Wildman–Crippen MR) is 143 cm³/mol. The Hall–Kier alpha value is -4.09. The second-order valence-corrected chi connectivity index (χ2v) is 10.3. The molecule has 5 rings (SSSR count). The summed E-state index contributed by atoms with van der Waals surface area (Å²) in [4.78, 5) is 2.11. The van der Waals surface area contributed by atoms with E-state index in [0.29, 0.717) is 0 Å². The van der Waals surface area contributed by atoms with Gasteiger partial charge in [-0.1, -0.05) is 36.4 Å². The molecule has 0 fully saturated rings. The molecule has 0 spiro atoms. The Morgan fingerprint density at radius 3 is 2.10 bits per heavy atom. The third-order valence-electron chi connectivity index (χ3n) is 6.22. The number of ether oxygens (including phenoxy) is 1. The number of rotatable bonds is 4. The summed E-state index contributed by atoms with van der Waals surface area (Å²) >= 11 is 0. The van der Waals surface area contributed by atoms with Crippen LogP contribution in [0.1, 0.15) is 5.56 Å². The number of aromatic nitrogens is 2. The Morgan fingerprint density at radius 1 is 0.949 bits per heavy atom. The number of aryl methyl sites for hydroxylation is 1. The summed E-state index contributed by atoms with van der Waals surface area (Å²) in [5, 5.41) is 2.30. The highest BCUT2D eigenvalue weighted by Gasteiger charge is 2.37. The van der Waals surface area contributed by atoms with Gasteiger partial charge in [-0.15, -0.1) is 9.20 Å². The normalized spacial score (nSPS) is 12.5. The second kappa shape index (κ2) is 10.6. The third-order valence-corrected chi connectivity index (χ3v) is 6.79. The molecule has 0 saturated heterocycles. The number of benzene rings is 3. The number of anilines is 1. The molecule has 0 atom stereocenters. The zero-order valence-electron chi connectivity index (χ0n) is 21.6. The number of hydrogen-bond acceptors (Lipinski definition) is 5. The van der Waals surface area contributed by atoms with E-state index in [2.05, 4.69) is 114 Å². The number of fused-ring (bicyclic) bond motifs is 3. The Kier molecular flexibility index (Phi) is 7.58. The van der Waals surface area contributed by atoms with Gasteiger partial charge in [0.25, 0.3) is 0 Å². The maximum absolute atomic E-state index is 10.7. The average Bonchev–Trinajstić information content (AvgIpc) is 3.39. The van der Waals surface area contributed by atoms with E-state index >= 15 is 0 Å². The van der Waals surface area contributed by atoms with Gasteiger partial charge in [-0.05, 0) is 48.0 Å². The molecule has 0 bridgehead atoms. The topological polar surface area (TPSA) is 78.0 Å². The molecular formula is C28H26F3N3O4S. The molecule has 0 aliphatic carbocycles. The fourth-order valence-electron chi connectivity index (χ4n) is 4.36. The van der Waals surface area contributed by atoms with Crippen molar-refractivity contribution in [1.82, 2.24) is 4.52 Å². The first kappa shape index (κ1) is 27.9. The second-order valence-electron chi connectivity index (χ2n) is 8.91. The summed E-state index contributed by atoms with van der Waals surface area (Å²) < 4.78 is 69.2. The van der Waals surface area contributed by atoms with E-state index in [0.717, 1.165) is 27.7 Å². The van der Waals surface area contributed by atoms with E-state index in [1.54, 1.807) is 7.11 Å². The Bertz CT molecular complexity index is 1780. The van der Waals surface area contributed by atoms with Gasteiger partial charge >= 0.3 is 5.51 Å². The molecule has 7 nitrogen and oxygen atoms in total. The highest BCUT2D eigenvalue weighted by atomic mass is 32.2. The lowest BCUT2D eigenvalue weighted by molar-refractivity contribution is -0.725. The maximum Gasteiger partial charge on any atom is 0.485 e. The summed E-state index contributed by atoms with van der Waals surface area (Å²) in [6.45, 7) is 0. The molecule has 0 N–H and O–H groups in total. The summed E-state index contributed by atoms with van der Waals surface area (Å²) in [6, 6.07) is 27.7. The molecular weight excluding hydrogens is 531 g/mol. The van der Waals surface area contributed by atoms with Crippen molar-refractivity contribution < 1.29 is 35.6 Å². The molecule has 5 aromatic rings. The Balaban J connectivity index is 0.000000386. The van der Waals surface area contributed by atoms with Gasteiger partial charge < -0.3 is 14.2 Å². The van der Waals surface area contributed by atoms with Crippen molar-refractivity contribution in [2.45, 2.75) is 5.51 Å². The predicted octanol–water partition coefficient (Wildman–Crippen LogP) is 4.26. The average molecular weight is 558 g/mol. The van der Waals surface area contributed by atoms with E-state index in [1.165, 1.54) is 22.2 Å². The molecule has 0 aliphatic rings. The van der Waals surface area contributed by atoms with Crippen LogP contribution in [0.4, 0.5) is 18.9 Å². The minimum absolute atomic E-state index is 0.888. The molecule has 11 heteroatoms. The smallest absolute Gasteiger partial charge is 0.485 e. The van der Waals surface area contributed by atoms with Crippen LogP contribution >= 0.6 is 0 Å². The number of alkyl halides is 3. The molecule has 2 aromatic heterocycles. The van der Waals surface area contributed by atoms with E-state index in [9.17, 15) is 13.2 Å². The lowest BCUT2D eigenvalue weighted by Gasteiger charge is -2.11. The van der Waals surface area contributed by atoms with Crippen molar-refractivity contribution in [3.05, 3.63) is 89.6 Å². The Morgan fingerprint density at radius 2 is 1.56 bits per heavy atom. The lowest BCUT2D eigenvalue weighted by Crippen LogP contribution is -2.36. The Labute approximate surface area is 223 Å². The molecule has 0 aliphatic heterocycles. The van der Waals surface area contributed by atoms with Crippen LogP contribution in [0.25, 0.3) is 33.8 Å². The zero-order chi connectivity index (χ0) is 28.5. The van der Waals surface area contributed by atoms with Gasteiger partial charge in [0.1, 0.15) is 16.8 Å². The van der Waals surface area contributed by atoms with Crippen LogP contribution in [0.2, 0.25) is 0 Å². The maximum atomic E-state index is 10.7. The highest BCUT2D eigenvalue weighted by Crippen LogP contribution is 2.27. The first-order valence-corrected chi connectivity index (χ1v) is 13.1. The monoisotopic (exact) mass is 557 g/mol. The van der Waals surface area contributed by atoms with Crippen LogP contribution in [-0.4, -0.2) is 44.2 Å². The third kappa shape index (κ3) is 5.55. The van der Waals surface area contributed by atoms with E-state index in [-0.39, 0.29) is 0 Å². The van der Waals surface area contributed by atoms with Crippen molar-refractivity contribution in [3.63, 3.8) is 0 Å². The molecule has 0 unspecified atom stereocenters. The molecule has 0 saturated carbocycles. The largest absolute Gasteiger partial charge is 0.741 e. The van der Waals surface area contributed by atoms with Crippen LogP contribution in [-0.2, 0) is 17.2 Å². The summed E-state index contributed by atoms with van der Waals surface area (Å²) in [5.74, 6) is 0.888. The van der Waals surface area contributed by atoms with E-state index in [4.69, 9.17) is 17.7 Å². The quantitative estimate of drug-likeness (QED) is 0.188. The summed E-state index contributed by atoms with van der Waals surface area (Å²) in [7, 11) is 1.88. The first-order valence-electron chi connectivity index (χ1n) is 11.7. The van der Waals surface area contributed by atoms with Crippen molar-refractivity contribution in [2.75, 3.05) is 26.1 Å². The van der Waals surface area contributed by atoms with Crippen LogP contribution in [0.5, 0.6) is 5.75 Å². The van der Waals surface area contributed by atoms with Crippen LogP contribution < -0.4 is 19.5 Å². The van der Waals surface area contributed by atoms with Gasteiger partial charge in [0.15, 0.2) is 17.2 Å². The van der Waals surface area contributed by atoms with E-state index in [1.807, 2.05) is 6.07 Å². The van der Waals surface area contributed by atoms with Crippen molar-refractivity contribution in [2.24, 2.45) is 7.05 Å². The van der Waals surface area contributed by atoms with Gasteiger partial charge in [-0.25, -0.2) is 8.42 Å². The van der Waals surface area contributed by atoms with Gasteiger partial charge in [0.2, 0.25) is 5.69 Å². The fraction of sp³-hybridized carbons (Fsp3) is 0.179.